The number of carboxylic acids is 1. The SMILES string of the molecule is CC(C)[C@H](N=[P+]([O-])Oc1ccccc1)C(=O)O. The zero-order valence-electron chi connectivity index (χ0n) is 9.61. The van der Waals surface area contributed by atoms with Gasteiger partial charge in [0.15, 0.2) is 11.8 Å². The van der Waals surface area contributed by atoms with Gasteiger partial charge in [0.1, 0.15) is 0 Å². The molecule has 92 valence electrons. The van der Waals surface area contributed by atoms with Crippen LogP contribution in [0.4, 0.5) is 0 Å². The molecule has 0 aromatic heterocycles. The molecule has 0 saturated carbocycles. The Bertz CT molecular complexity index is 405. The molecule has 0 aliphatic rings. The summed E-state index contributed by atoms with van der Waals surface area (Å²) >= 11 is 0. The standard InChI is InChI=1S/C11H14NO4P/c1-8(2)10(11(13)14)12-17(15)16-9-6-4-3-5-7-9/h3-8,10H,1-2H3,(H,13,14)/t10-/m0/s1. The number of nitrogens with zero attached hydrogens (tertiary/aromatic N) is 1. The highest BCUT2D eigenvalue weighted by atomic mass is 31.1. The lowest BCUT2D eigenvalue weighted by Crippen LogP contribution is -2.24. The summed E-state index contributed by atoms with van der Waals surface area (Å²) in [6.07, 6.45) is 0. The van der Waals surface area contributed by atoms with Crippen molar-refractivity contribution in [1.29, 1.82) is 0 Å². The van der Waals surface area contributed by atoms with Gasteiger partial charge < -0.3 is 10.00 Å². The molecule has 6 heteroatoms. The van der Waals surface area contributed by atoms with E-state index in [1.807, 2.05) is 0 Å². The fourth-order valence-electron chi connectivity index (χ4n) is 1.16. The van der Waals surface area contributed by atoms with E-state index in [1.165, 1.54) is 0 Å². The first-order valence-corrected chi connectivity index (χ1v) is 6.27. The van der Waals surface area contributed by atoms with Gasteiger partial charge in [-0.05, 0) is 18.1 Å². The fraction of sp³-hybridized carbons (Fsp3) is 0.364. The first kappa shape index (κ1) is 13.6. The van der Waals surface area contributed by atoms with Crippen molar-refractivity contribution >= 4 is 14.1 Å². The van der Waals surface area contributed by atoms with E-state index in [4.69, 9.17) is 9.63 Å². The molecule has 0 spiro atoms. The summed E-state index contributed by atoms with van der Waals surface area (Å²) in [5.41, 5.74) is 0. The van der Waals surface area contributed by atoms with Crippen LogP contribution in [0.5, 0.6) is 5.75 Å². The molecule has 0 aliphatic carbocycles. The van der Waals surface area contributed by atoms with Gasteiger partial charge in [0.25, 0.3) is 0 Å². The van der Waals surface area contributed by atoms with Gasteiger partial charge in [-0.15, -0.1) is 0 Å². The summed E-state index contributed by atoms with van der Waals surface area (Å²) in [6.45, 7) is 3.40. The second-order valence-electron chi connectivity index (χ2n) is 3.78. The van der Waals surface area contributed by atoms with Gasteiger partial charge in [-0.2, -0.15) is 0 Å². The van der Waals surface area contributed by atoms with Crippen molar-refractivity contribution < 1.29 is 19.3 Å². The van der Waals surface area contributed by atoms with Crippen LogP contribution in [0.2, 0.25) is 0 Å². The number of rotatable bonds is 5. The highest BCUT2D eigenvalue weighted by Gasteiger charge is 2.25. The lowest BCUT2D eigenvalue weighted by molar-refractivity contribution is -0.169. The number of aliphatic carboxylic acids is 1. The van der Waals surface area contributed by atoms with Crippen molar-refractivity contribution in [2.24, 2.45) is 10.7 Å². The van der Waals surface area contributed by atoms with E-state index >= 15 is 0 Å². The Labute approximate surface area is 101 Å². The van der Waals surface area contributed by atoms with Crippen LogP contribution < -0.4 is 9.42 Å². The van der Waals surface area contributed by atoms with E-state index < -0.39 is 20.2 Å². The van der Waals surface area contributed by atoms with E-state index in [-0.39, 0.29) is 5.92 Å². The third kappa shape index (κ3) is 4.51. The van der Waals surface area contributed by atoms with Crippen molar-refractivity contribution in [2.45, 2.75) is 19.9 Å². The highest BCUT2D eigenvalue weighted by Crippen LogP contribution is 2.25. The monoisotopic (exact) mass is 255 g/mol. The lowest BCUT2D eigenvalue weighted by atomic mass is 10.1. The second-order valence-corrected chi connectivity index (χ2v) is 4.67. The molecule has 0 bridgehead atoms. The molecule has 1 aromatic rings. The van der Waals surface area contributed by atoms with E-state index in [0.29, 0.717) is 5.75 Å². The van der Waals surface area contributed by atoms with Gasteiger partial charge >= 0.3 is 14.1 Å². The molecule has 1 N–H and O–H groups in total. The van der Waals surface area contributed by atoms with Crippen molar-refractivity contribution in [3.63, 3.8) is 0 Å². The molecular weight excluding hydrogens is 241 g/mol. The highest BCUT2D eigenvalue weighted by molar-refractivity contribution is 7.34. The summed E-state index contributed by atoms with van der Waals surface area (Å²) in [6, 6.07) is 7.51. The molecule has 1 aromatic carbocycles. The molecule has 1 unspecified atom stereocenters. The Morgan fingerprint density at radius 2 is 2.00 bits per heavy atom. The quantitative estimate of drug-likeness (QED) is 0.816. The van der Waals surface area contributed by atoms with Crippen LogP contribution in [0.3, 0.4) is 0 Å². The van der Waals surface area contributed by atoms with Crippen molar-refractivity contribution in [1.82, 2.24) is 0 Å². The summed E-state index contributed by atoms with van der Waals surface area (Å²) in [5.74, 6) is -0.920. The predicted octanol–water partition coefficient (Wildman–Crippen LogP) is 2.03. The van der Waals surface area contributed by atoms with E-state index in [9.17, 15) is 9.69 Å². The Balaban J connectivity index is 2.74. The Morgan fingerprint density at radius 1 is 1.41 bits per heavy atom. The number of carbonyl (C=O) groups is 1. The van der Waals surface area contributed by atoms with E-state index in [1.54, 1.807) is 44.2 Å². The minimum Gasteiger partial charge on any atom is -0.575 e. The smallest absolute Gasteiger partial charge is 0.395 e. The van der Waals surface area contributed by atoms with Crippen LogP contribution in [-0.4, -0.2) is 17.1 Å². The number of carboxylic acid groups (broad SMARTS) is 1. The predicted molar refractivity (Wildman–Crippen MR) is 62.7 cm³/mol. The molecule has 0 saturated heterocycles. The number of benzene rings is 1. The first-order chi connectivity index (χ1) is 8.00. The molecule has 0 aliphatic heterocycles. The van der Waals surface area contributed by atoms with Gasteiger partial charge in [-0.1, -0.05) is 36.8 Å². The fourth-order valence-corrected chi connectivity index (χ4v) is 2.08. The van der Waals surface area contributed by atoms with Crippen molar-refractivity contribution in [2.75, 3.05) is 0 Å². The van der Waals surface area contributed by atoms with E-state index in [0.717, 1.165) is 0 Å². The summed E-state index contributed by atoms with van der Waals surface area (Å²) < 4.78 is 8.68. The zero-order chi connectivity index (χ0) is 12.8. The van der Waals surface area contributed by atoms with Gasteiger partial charge in [0.05, 0.1) is 0 Å². The van der Waals surface area contributed by atoms with Gasteiger partial charge in [-0.25, -0.2) is 4.79 Å². The van der Waals surface area contributed by atoms with Crippen LogP contribution in [-0.2, 0) is 4.79 Å². The van der Waals surface area contributed by atoms with Crippen molar-refractivity contribution in [3.8, 4) is 5.75 Å². The summed E-state index contributed by atoms with van der Waals surface area (Å²) in [7, 11) is -2.37. The minimum absolute atomic E-state index is 0.231. The minimum atomic E-state index is -2.37. The average Bonchev–Trinajstić information content (AvgIpc) is 2.26. The van der Waals surface area contributed by atoms with Crippen LogP contribution in [0.1, 0.15) is 13.8 Å². The lowest BCUT2D eigenvalue weighted by Gasteiger charge is -2.08. The maximum Gasteiger partial charge on any atom is 0.395 e. The topological polar surface area (TPSA) is 82.0 Å². The molecular formula is C11H14NO4P. The van der Waals surface area contributed by atoms with Gasteiger partial charge in [0, 0.05) is 0 Å². The van der Waals surface area contributed by atoms with Crippen molar-refractivity contribution in [3.05, 3.63) is 30.3 Å². The van der Waals surface area contributed by atoms with Gasteiger partial charge in [0.2, 0.25) is 0 Å². The third-order valence-electron chi connectivity index (χ3n) is 2.03. The largest absolute Gasteiger partial charge is 0.575 e. The summed E-state index contributed by atoms with van der Waals surface area (Å²) in [5, 5.41) is 8.88. The summed E-state index contributed by atoms with van der Waals surface area (Å²) in [4.78, 5) is 22.4. The molecule has 1 rings (SSSR count). The van der Waals surface area contributed by atoms with Crippen LogP contribution in [0.25, 0.3) is 0 Å². The zero-order valence-corrected chi connectivity index (χ0v) is 10.5. The number of hydrogen-bond acceptors (Lipinski definition) is 4. The maximum atomic E-state index is 11.5. The maximum absolute atomic E-state index is 11.5. The number of para-hydroxylation sites is 1. The molecule has 2 atom stereocenters. The molecule has 5 nitrogen and oxygen atoms in total. The third-order valence-corrected chi connectivity index (χ3v) is 2.83. The normalized spacial score (nSPS) is 13.5. The molecule has 0 amide bonds. The second kappa shape index (κ2) is 6.33. The van der Waals surface area contributed by atoms with Crippen LogP contribution in [0, 0.1) is 5.92 Å². The van der Waals surface area contributed by atoms with Crippen LogP contribution >= 0.6 is 8.17 Å². The molecule has 17 heavy (non-hydrogen) atoms. The molecule has 0 heterocycles. The first-order valence-electron chi connectivity index (χ1n) is 5.14. The van der Waals surface area contributed by atoms with Gasteiger partial charge in [-0.3, -0.25) is 4.52 Å². The Hall–Kier alpha value is -1.45. The Kier molecular flexibility index (Phi) is 5.07. The van der Waals surface area contributed by atoms with Crippen LogP contribution in [0.15, 0.2) is 35.1 Å². The number of hydrogen-bond donors (Lipinski definition) is 1. The molecule has 0 radical (unpaired) electrons. The van der Waals surface area contributed by atoms with E-state index in [2.05, 4.69) is 4.74 Å². The average molecular weight is 255 g/mol. The Morgan fingerprint density at radius 3 is 2.47 bits per heavy atom. The molecule has 0 fully saturated rings.